The van der Waals surface area contributed by atoms with Gasteiger partial charge in [0.25, 0.3) is 0 Å². The standard InChI is InChI=1S/C20H19N/c1-14-10-15(2)12-18(11-14)17-8-9-20(21-13-17)19-7-5-4-6-16(19)3/h4-13H,1-3H3. The molecule has 3 rings (SSSR count). The van der Waals surface area contributed by atoms with Crippen molar-refractivity contribution in [2.24, 2.45) is 0 Å². The van der Waals surface area contributed by atoms with Crippen molar-refractivity contribution in [3.8, 4) is 22.4 Å². The Bertz CT molecular complexity index is 750. The second kappa shape index (κ2) is 5.53. The highest BCUT2D eigenvalue weighted by molar-refractivity contribution is 5.69. The molecule has 0 amide bonds. The zero-order valence-corrected chi connectivity index (χ0v) is 12.7. The molecule has 0 aliphatic heterocycles. The fourth-order valence-corrected chi connectivity index (χ4v) is 2.73. The number of pyridine rings is 1. The van der Waals surface area contributed by atoms with Crippen molar-refractivity contribution < 1.29 is 0 Å². The van der Waals surface area contributed by atoms with Crippen molar-refractivity contribution in [2.75, 3.05) is 0 Å². The average molecular weight is 273 g/mol. The van der Waals surface area contributed by atoms with E-state index in [2.05, 4.69) is 80.4 Å². The third-order valence-electron chi connectivity index (χ3n) is 3.74. The third-order valence-corrected chi connectivity index (χ3v) is 3.74. The van der Waals surface area contributed by atoms with E-state index in [1.807, 2.05) is 6.20 Å². The van der Waals surface area contributed by atoms with Gasteiger partial charge in [0.2, 0.25) is 0 Å². The highest BCUT2D eigenvalue weighted by Gasteiger charge is 2.04. The van der Waals surface area contributed by atoms with Crippen molar-refractivity contribution in [1.29, 1.82) is 0 Å². The number of hydrogen-bond donors (Lipinski definition) is 0. The molecule has 0 radical (unpaired) electrons. The summed E-state index contributed by atoms with van der Waals surface area (Å²) in [7, 11) is 0. The lowest BCUT2D eigenvalue weighted by atomic mass is 10.0. The molecule has 2 aromatic carbocycles. The molecule has 0 bridgehead atoms. The molecule has 1 nitrogen and oxygen atoms in total. The zero-order valence-electron chi connectivity index (χ0n) is 12.7. The van der Waals surface area contributed by atoms with E-state index < -0.39 is 0 Å². The molecule has 0 saturated heterocycles. The van der Waals surface area contributed by atoms with Crippen LogP contribution in [0.25, 0.3) is 22.4 Å². The van der Waals surface area contributed by atoms with E-state index in [9.17, 15) is 0 Å². The van der Waals surface area contributed by atoms with Crippen LogP contribution in [0.5, 0.6) is 0 Å². The summed E-state index contributed by atoms with van der Waals surface area (Å²) in [4.78, 5) is 4.65. The van der Waals surface area contributed by atoms with Gasteiger partial charge in [0.05, 0.1) is 5.69 Å². The van der Waals surface area contributed by atoms with Gasteiger partial charge in [-0.3, -0.25) is 4.98 Å². The van der Waals surface area contributed by atoms with Gasteiger partial charge in [-0.2, -0.15) is 0 Å². The molecule has 0 unspecified atom stereocenters. The maximum absolute atomic E-state index is 4.65. The average Bonchev–Trinajstić information content (AvgIpc) is 2.47. The summed E-state index contributed by atoms with van der Waals surface area (Å²) in [5.74, 6) is 0. The Labute approximate surface area is 126 Å². The minimum Gasteiger partial charge on any atom is -0.256 e. The topological polar surface area (TPSA) is 12.9 Å². The minimum atomic E-state index is 1.03. The zero-order chi connectivity index (χ0) is 14.8. The molecule has 0 fully saturated rings. The van der Waals surface area contributed by atoms with Crippen LogP contribution in [-0.2, 0) is 0 Å². The summed E-state index contributed by atoms with van der Waals surface area (Å²) in [6, 6.07) is 19.2. The van der Waals surface area contributed by atoms with E-state index >= 15 is 0 Å². The van der Waals surface area contributed by atoms with Crippen LogP contribution in [0.4, 0.5) is 0 Å². The fraction of sp³-hybridized carbons (Fsp3) is 0.150. The van der Waals surface area contributed by atoms with Crippen LogP contribution in [0.1, 0.15) is 16.7 Å². The van der Waals surface area contributed by atoms with Crippen molar-refractivity contribution in [3.05, 3.63) is 77.5 Å². The number of rotatable bonds is 2. The van der Waals surface area contributed by atoms with Crippen LogP contribution < -0.4 is 0 Å². The maximum atomic E-state index is 4.65. The lowest BCUT2D eigenvalue weighted by Crippen LogP contribution is -1.88. The lowest BCUT2D eigenvalue weighted by Gasteiger charge is -2.08. The molecule has 21 heavy (non-hydrogen) atoms. The summed E-state index contributed by atoms with van der Waals surface area (Å²) >= 11 is 0. The van der Waals surface area contributed by atoms with Crippen LogP contribution in [0.2, 0.25) is 0 Å². The van der Waals surface area contributed by atoms with Crippen molar-refractivity contribution in [3.63, 3.8) is 0 Å². The normalized spacial score (nSPS) is 10.6. The summed E-state index contributed by atoms with van der Waals surface area (Å²) in [5.41, 5.74) is 8.45. The Hall–Kier alpha value is -2.41. The summed E-state index contributed by atoms with van der Waals surface area (Å²) in [5, 5.41) is 0. The molecule has 1 heterocycles. The van der Waals surface area contributed by atoms with Crippen LogP contribution in [0, 0.1) is 20.8 Å². The lowest BCUT2D eigenvalue weighted by molar-refractivity contribution is 1.30. The molecule has 104 valence electrons. The van der Waals surface area contributed by atoms with E-state index in [0.717, 1.165) is 5.69 Å². The third kappa shape index (κ3) is 2.87. The Morgan fingerprint density at radius 1 is 0.714 bits per heavy atom. The summed E-state index contributed by atoms with van der Waals surface area (Å²) in [6.07, 6.45) is 1.97. The van der Waals surface area contributed by atoms with Crippen molar-refractivity contribution in [1.82, 2.24) is 4.98 Å². The molecule has 0 atom stereocenters. The Kier molecular flexibility index (Phi) is 3.57. The molecular formula is C20H19N. The van der Waals surface area contributed by atoms with Gasteiger partial charge in [0.1, 0.15) is 0 Å². The van der Waals surface area contributed by atoms with Crippen LogP contribution in [0.3, 0.4) is 0 Å². The minimum absolute atomic E-state index is 1.03. The van der Waals surface area contributed by atoms with Crippen molar-refractivity contribution in [2.45, 2.75) is 20.8 Å². The molecular weight excluding hydrogens is 254 g/mol. The fourth-order valence-electron chi connectivity index (χ4n) is 2.73. The van der Waals surface area contributed by atoms with Gasteiger partial charge in [-0.25, -0.2) is 0 Å². The molecule has 0 aliphatic rings. The number of aromatic nitrogens is 1. The second-order valence-corrected chi connectivity index (χ2v) is 5.62. The van der Waals surface area contributed by atoms with Gasteiger partial charge < -0.3 is 0 Å². The van der Waals surface area contributed by atoms with E-state index in [0.29, 0.717) is 0 Å². The molecule has 1 heteroatoms. The first-order chi connectivity index (χ1) is 10.1. The Morgan fingerprint density at radius 2 is 1.43 bits per heavy atom. The second-order valence-electron chi connectivity index (χ2n) is 5.62. The van der Waals surface area contributed by atoms with Gasteiger partial charge in [-0.05, 0) is 38.0 Å². The Balaban J connectivity index is 2.00. The Morgan fingerprint density at radius 3 is 2.05 bits per heavy atom. The molecule has 1 aromatic heterocycles. The number of benzene rings is 2. The monoisotopic (exact) mass is 273 g/mol. The quantitative estimate of drug-likeness (QED) is 0.614. The number of aryl methyl sites for hydroxylation is 3. The molecule has 3 aromatic rings. The van der Waals surface area contributed by atoms with E-state index in [1.54, 1.807) is 0 Å². The summed E-state index contributed by atoms with van der Waals surface area (Å²) < 4.78 is 0. The van der Waals surface area contributed by atoms with Gasteiger partial charge in [0, 0.05) is 17.3 Å². The van der Waals surface area contributed by atoms with Crippen LogP contribution in [0.15, 0.2) is 60.8 Å². The smallest absolute Gasteiger partial charge is 0.0705 e. The predicted molar refractivity (Wildman–Crippen MR) is 89.3 cm³/mol. The first-order valence-corrected chi connectivity index (χ1v) is 7.24. The van der Waals surface area contributed by atoms with Crippen LogP contribution >= 0.6 is 0 Å². The first-order valence-electron chi connectivity index (χ1n) is 7.24. The largest absolute Gasteiger partial charge is 0.256 e. The summed E-state index contributed by atoms with van der Waals surface area (Å²) in [6.45, 7) is 6.38. The SMILES string of the molecule is Cc1cc(C)cc(-c2ccc(-c3ccccc3C)nc2)c1. The van der Waals surface area contributed by atoms with Gasteiger partial charge in [-0.1, -0.05) is 59.7 Å². The molecule has 0 aliphatic carbocycles. The predicted octanol–water partition coefficient (Wildman–Crippen LogP) is 5.34. The highest BCUT2D eigenvalue weighted by atomic mass is 14.7. The first kappa shape index (κ1) is 13.6. The van der Waals surface area contributed by atoms with E-state index in [1.165, 1.54) is 33.4 Å². The molecule has 0 saturated carbocycles. The van der Waals surface area contributed by atoms with Gasteiger partial charge in [-0.15, -0.1) is 0 Å². The number of hydrogen-bond acceptors (Lipinski definition) is 1. The van der Waals surface area contributed by atoms with Crippen molar-refractivity contribution >= 4 is 0 Å². The van der Waals surface area contributed by atoms with Gasteiger partial charge >= 0.3 is 0 Å². The highest BCUT2D eigenvalue weighted by Crippen LogP contribution is 2.25. The molecule has 0 N–H and O–H groups in total. The van der Waals surface area contributed by atoms with Crippen LogP contribution in [-0.4, -0.2) is 4.98 Å². The maximum Gasteiger partial charge on any atom is 0.0705 e. The van der Waals surface area contributed by atoms with E-state index in [-0.39, 0.29) is 0 Å². The van der Waals surface area contributed by atoms with E-state index in [4.69, 9.17) is 0 Å². The molecule has 0 spiro atoms. The number of nitrogens with zero attached hydrogens (tertiary/aromatic N) is 1. The van der Waals surface area contributed by atoms with Gasteiger partial charge in [0.15, 0.2) is 0 Å².